The molecule has 2 rings (SSSR count). The monoisotopic (exact) mass is 289 g/mol. The quantitative estimate of drug-likeness (QED) is 0.853. The summed E-state index contributed by atoms with van der Waals surface area (Å²) in [6.45, 7) is 2.08. The molecular weight excluding hydrogens is 284 g/mol. The fourth-order valence-electron chi connectivity index (χ4n) is 1.24. The topological polar surface area (TPSA) is 40.1 Å². The van der Waals surface area contributed by atoms with Crippen molar-refractivity contribution in [2.45, 2.75) is 13.3 Å². The first-order chi connectivity index (χ1) is 6.63. The largest absolute Gasteiger partial charge is 0.544 e. The van der Waals surface area contributed by atoms with Gasteiger partial charge in [-0.2, -0.15) is 0 Å². The zero-order chi connectivity index (χ0) is 10.3. The lowest BCUT2D eigenvalue weighted by Crippen LogP contribution is -2.20. The van der Waals surface area contributed by atoms with Gasteiger partial charge in [0.15, 0.2) is 0 Å². The second kappa shape index (κ2) is 3.64. The van der Waals surface area contributed by atoms with Gasteiger partial charge < -0.3 is 9.90 Å². The van der Waals surface area contributed by atoms with Crippen molar-refractivity contribution in [2.24, 2.45) is 0 Å². The first-order valence-corrected chi connectivity index (χ1v) is 6.48. The second-order valence-corrected chi connectivity index (χ2v) is 6.00. The number of carbonyl (C=O) groups is 1. The van der Waals surface area contributed by atoms with Crippen molar-refractivity contribution >= 4 is 54.0 Å². The number of thiophene rings is 2. The predicted octanol–water partition coefficient (Wildman–Crippen LogP) is 2.65. The predicted molar refractivity (Wildman–Crippen MR) is 61.1 cm³/mol. The third-order valence-electron chi connectivity index (χ3n) is 1.92. The van der Waals surface area contributed by atoms with E-state index >= 15 is 0 Å². The van der Waals surface area contributed by atoms with Crippen LogP contribution in [0.15, 0.2) is 10.5 Å². The minimum Gasteiger partial charge on any atom is -0.544 e. The average molecular weight is 290 g/mol. The molecule has 2 aromatic rings. The number of aryl methyl sites for hydroxylation is 1. The van der Waals surface area contributed by atoms with Crippen LogP contribution in [0, 0.1) is 0 Å². The van der Waals surface area contributed by atoms with Crippen LogP contribution in [0.2, 0.25) is 0 Å². The number of fused-ring (bicyclic) bond motifs is 1. The van der Waals surface area contributed by atoms with Crippen LogP contribution >= 0.6 is 38.6 Å². The molecule has 2 heterocycles. The molecule has 0 unspecified atom stereocenters. The first-order valence-electron chi connectivity index (χ1n) is 4.05. The molecular formula is C9H6BrO2S2-. The van der Waals surface area contributed by atoms with E-state index in [1.165, 1.54) is 16.2 Å². The Kier molecular flexibility index (Phi) is 2.64. The number of carboxylic acid groups (broad SMARTS) is 1. The van der Waals surface area contributed by atoms with E-state index in [-0.39, 0.29) is 0 Å². The highest BCUT2D eigenvalue weighted by molar-refractivity contribution is 9.10. The van der Waals surface area contributed by atoms with E-state index < -0.39 is 5.97 Å². The standard InChI is InChI=1S/C9H7BrO2S2/c1-2-5-7(10)4-3-6(8(11)12)14-9(4)13-5/h3H,2H2,1H3,(H,11,12)/p-1. The summed E-state index contributed by atoms with van der Waals surface area (Å²) in [5.41, 5.74) is 0. The number of hydrogen-bond acceptors (Lipinski definition) is 4. The van der Waals surface area contributed by atoms with Gasteiger partial charge in [-0.25, -0.2) is 0 Å². The van der Waals surface area contributed by atoms with Crippen molar-refractivity contribution in [2.75, 3.05) is 0 Å². The number of carboxylic acids is 1. The molecule has 0 N–H and O–H groups in total. The smallest absolute Gasteiger partial charge is 0.0886 e. The maximum absolute atomic E-state index is 10.6. The molecule has 0 aliphatic carbocycles. The van der Waals surface area contributed by atoms with Gasteiger partial charge in [0.1, 0.15) is 0 Å². The van der Waals surface area contributed by atoms with Gasteiger partial charge >= 0.3 is 0 Å². The highest BCUT2D eigenvalue weighted by Gasteiger charge is 2.12. The molecule has 14 heavy (non-hydrogen) atoms. The second-order valence-electron chi connectivity index (χ2n) is 2.79. The molecule has 2 aromatic heterocycles. The van der Waals surface area contributed by atoms with E-state index in [9.17, 15) is 9.90 Å². The zero-order valence-corrected chi connectivity index (χ0v) is 10.5. The Morgan fingerprint density at radius 3 is 2.79 bits per heavy atom. The molecule has 0 amide bonds. The summed E-state index contributed by atoms with van der Waals surface area (Å²) in [4.78, 5) is 12.2. The zero-order valence-electron chi connectivity index (χ0n) is 7.30. The van der Waals surface area contributed by atoms with E-state index in [1.807, 2.05) is 0 Å². The Bertz CT molecular complexity index is 498. The summed E-state index contributed by atoms with van der Waals surface area (Å²) in [7, 11) is 0. The van der Waals surface area contributed by atoms with Gasteiger partial charge in [-0.15, -0.1) is 22.7 Å². The molecule has 0 fully saturated rings. The van der Waals surface area contributed by atoms with Crippen molar-refractivity contribution in [1.29, 1.82) is 0 Å². The maximum Gasteiger partial charge on any atom is 0.0886 e. The number of carbonyl (C=O) groups excluding carboxylic acids is 1. The molecule has 0 aromatic carbocycles. The van der Waals surface area contributed by atoms with E-state index in [0.29, 0.717) is 4.88 Å². The first kappa shape index (κ1) is 10.1. The van der Waals surface area contributed by atoms with Gasteiger partial charge in [-0.05, 0) is 28.4 Å². The molecule has 0 aliphatic rings. The van der Waals surface area contributed by atoms with Gasteiger partial charge in [0, 0.05) is 14.7 Å². The molecule has 0 saturated carbocycles. The summed E-state index contributed by atoms with van der Waals surface area (Å²) in [6, 6.07) is 1.68. The van der Waals surface area contributed by atoms with E-state index in [2.05, 4.69) is 22.9 Å². The fraction of sp³-hybridized carbons (Fsp3) is 0.222. The number of halogens is 1. The van der Waals surface area contributed by atoms with Gasteiger partial charge in [0.05, 0.1) is 14.9 Å². The van der Waals surface area contributed by atoms with Crippen LogP contribution in [-0.2, 0) is 6.42 Å². The van der Waals surface area contributed by atoms with Crippen molar-refractivity contribution in [3.8, 4) is 0 Å². The summed E-state index contributed by atoms with van der Waals surface area (Å²) in [5.74, 6) is -1.09. The molecule has 5 heteroatoms. The van der Waals surface area contributed by atoms with Gasteiger partial charge in [-0.3, -0.25) is 0 Å². The summed E-state index contributed by atoms with van der Waals surface area (Å²) < 4.78 is 2.08. The van der Waals surface area contributed by atoms with Crippen LogP contribution < -0.4 is 5.11 Å². The number of rotatable bonds is 2. The molecule has 0 atom stereocenters. The summed E-state index contributed by atoms with van der Waals surface area (Å²) in [5, 5.41) is 11.6. The van der Waals surface area contributed by atoms with Crippen molar-refractivity contribution in [1.82, 2.24) is 0 Å². The minimum atomic E-state index is -1.09. The highest BCUT2D eigenvalue weighted by Crippen LogP contribution is 2.40. The summed E-state index contributed by atoms with van der Waals surface area (Å²) >= 11 is 6.40. The van der Waals surface area contributed by atoms with Gasteiger partial charge in [0.2, 0.25) is 0 Å². The third-order valence-corrected chi connectivity index (χ3v) is 5.64. The highest BCUT2D eigenvalue weighted by atomic mass is 79.9. The van der Waals surface area contributed by atoms with Crippen LogP contribution in [0.3, 0.4) is 0 Å². The molecule has 0 bridgehead atoms. The molecule has 0 radical (unpaired) electrons. The van der Waals surface area contributed by atoms with Crippen LogP contribution in [0.5, 0.6) is 0 Å². The van der Waals surface area contributed by atoms with Gasteiger partial charge in [-0.1, -0.05) is 6.92 Å². The third kappa shape index (κ3) is 1.49. The van der Waals surface area contributed by atoms with Crippen molar-refractivity contribution < 1.29 is 9.90 Å². The molecule has 0 aliphatic heterocycles. The van der Waals surface area contributed by atoms with Crippen LogP contribution in [0.1, 0.15) is 21.5 Å². The Morgan fingerprint density at radius 1 is 1.57 bits per heavy atom. The molecule has 0 spiro atoms. The van der Waals surface area contributed by atoms with E-state index in [1.54, 1.807) is 17.4 Å². The normalized spacial score (nSPS) is 11.0. The minimum absolute atomic E-state index is 0.301. The van der Waals surface area contributed by atoms with Crippen LogP contribution in [-0.4, -0.2) is 5.97 Å². The molecule has 2 nitrogen and oxygen atoms in total. The maximum atomic E-state index is 10.6. The van der Waals surface area contributed by atoms with Crippen LogP contribution in [0.4, 0.5) is 0 Å². The van der Waals surface area contributed by atoms with Crippen molar-refractivity contribution in [3.05, 3.63) is 20.3 Å². The van der Waals surface area contributed by atoms with Crippen molar-refractivity contribution in [3.63, 3.8) is 0 Å². The lowest BCUT2D eigenvalue weighted by molar-refractivity contribution is -0.254. The Labute approximate surface area is 97.3 Å². The SMILES string of the molecule is CCc1sc2sc(C(=O)[O-])cc2c1Br. The van der Waals surface area contributed by atoms with Gasteiger partial charge in [0.25, 0.3) is 0 Å². The number of hydrogen-bond donors (Lipinski definition) is 0. The Hall–Kier alpha value is -0.390. The Morgan fingerprint density at radius 2 is 2.29 bits per heavy atom. The average Bonchev–Trinajstić information content (AvgIpc) is 2.66. The van der Waals surface area contributed by atoms with E-state index in [0.717, 1.165) is 20.3 Å². The fourth-order valence-corrected chi connectivity index (χ4v) is 4.64. The van der Waals surface area contributed by atoms with Crippen LogP contribution in [0.25, 0.3) is 9.40 Å². The lowest BCUT2D eigenvalue weighted by atomic mass is 10.3. The number of aromatic carboxylic acids is 1. The Balaban J connectivity index is 2.64. The molecule has 74 valence electrons. The van der Waals surface area contributed by atoms with E-state index in [4.69, 9.17) is 0 Å². The lowest BCUT2D eigenvalue weighted by Gasteiger charge is -1.94. The summed E-state index contributed by atoms with van der Waals surface area (Å²) in [6.07, 6.45) is 0.966. The molecule has 0 saturated heterocycles.